The standard InChI is InChI=1S/C11H25N3O2S/c1-3-8-13(4-2)17(15,16)14-9-6-5-7-11(14)10-12/h11H,3-10,12H2,1-2H3. The van der Waals surface area contributed by atoms with Gasteiger partial charge in [0.05, 0.1) is 0 Å². The Morgan fingerprint density at radius 2 is 2.06 bits per heavy atom. The Balaban J connectivity index is 2.85. The van der Waals surface area contributed by atoms with E-state index in [0.717, 1.165) is 25.7 Å². The van der Waals surface area contributed by atoms with Crippen LogP contribution in [0.4, 0.5) is 0 Å². The van der Waals surface area contributed by atoms with Gasteiger partial charge in [0, 0.05) is 32.2 Å². The van der Waals surface area contributed by atoms with Crippen LogP contribution in [0.25, 0.3) is 0 Å². The molecule has 2 N–H and O–H groups in total. The summed E-state index contributed by atoms with van der Waals surface area (Å²) in [7, 11) is -3.31. The van der Waals surface area contributed by atoms with Crippen molar-refractivity contribution in [2.75, 3.05) is 26.2 Å². The number of nitrogens with two attached hydrogens (primary N) is 1. The molecule has 0 aromatic heterocycles. The van der Waals surface area contributed by atoms with Gasteiger partial charge in [-0.25, -0.2) is 0 Å². The monoisotopic (exact) mass is 263 g/mol. The lowest BCUT2D eigenvalue weighted by Crippen LogP contribution is -2.53. The van der Waals surface area contributed by atoms with Gasteiger partial charge in [-0.3, -0.25) is 0 Å². The van der Waals surface area contributed by atoms with Crippen LogP contribution in [0.3, 0.4) is 0 Å². The first-order valence-electron chi connectivity index (χ1n) is 6.54. The topological polar surface area (TPSA) is 66.6 Å². The molecule has 1 atom stereocenters. The molecule has 0 bridgehead atoms. The van der Waals surface area contributed by atoms with E-state index in [2.05, 4.69) is 0 Å². The van der Waals surface area contributed by atoms with E-state index in [1.807, 2.05) is 13.8 Å². The van der Waals surface area contributed by atoms with E-state index in [9.17, 15) is 8.42 Å². The molecule has 1 saturated heterocycles. The minimum Gasteiger partial charge on any atom is -0.329 e. The zero-order chi connectivity index (χ0) is 12.9. The SMILES string of the molecule is CCCN(CC)S(=O)(=O)N1CCCCC1CN. The highest BCUT2D eigenvalue weighted by Crippen LogP contribution is 2.22. The van der Waals surface area contributed by atoms with E-state index < -0.39 is 10.2 Å². The molecular weight excluding hydrogens is 238 g/mol. The second-order valence-corrected chi connectivity index (χ2v) is 6.38. The van der Waals surface area contributed by atoms with Crippen molar-refractivity contribution in [3.05, 3.63) is 0 Å². The molecule has 17 heavy (non-hydrogen) atoms. The number of piperidine rings is 1. The van der Waals surface area contributed by atoms with Crippen LogP contribution in [0.2, 0.25) is 0 Å². The second-order valence-electron chi connectivity index (χ2n) is 4.50. The number of hydrogen-bond donors (Lipinski definition) is 1. The molecule has 1 fully saturated rings. The van der Waals surface area contributed by atoms with Gasteiger partial charge in [-0.05, 0) is 19.3 Å². The largest absolute Gasteiger partial charge is 0.329 e. The van der Waals surface area contributed by atoms with Crippen LogP contribution in [0, 0.1) is 0 Å². The molecule has 1 aliphatic heterocycles. The van der Waals surface area contributed by atoms with Crippen molar-refractivity contribution in [2.24, 2.45) is 5.73 Å². The molecule has 102 valence electrons. The lowest BCUT2D eigenvalue weighted by atomic mass is 10.1. The fourth-order valence-corrected chi connectivity index (χ4v) is 4.31. The average Bonchev–Trinajstić information content (AvgIpc) is 2.35. The van der Waals surface area contributed by atoms with Gasteiger partial charge in [0.1, 0.15) is 0 Å². The molecule has 0 aromatic rings. The van der Waals surface area contributed by atoms with Crippen molar-refractivity contribution in [2.45, 2.75) is 45.6 Å². The Bertz CT molecular complexity index is 319. The van der Waals surface area contributed by atoms with Gasteiger partial charge in [0.25, 0.3) is 10.2 Å². The van der Waals surface area contributed by atoms with Gasteiger partial charge in [0.2, 0.25) is 0 Å². The van der Waals surface area contributed by atoms with Crippen molar-refractivity contribution >= 4 is 10.2 Å². The molecule has 5 nitrogen and oxygen atoms in total. The fourth-order valence-electron chi connectivity index (χ4n) is 2.35. The molecule has 1 aliphatic rings. The Morgan fingerprint density at radius 1 is 1.35 bits per heavy atom. The van der Waals surface area contributed by atoms with Crippen LogP contribution in [0.5, 0.6) is 0 Å². The molecule has 0 aliphatic carbocycles. The fraction of sp³-hybridized carbons (Fsp3) is 1.00. The van der Waals surface area contributed by atoms with Gasteiger partial charge in [-0.2, -0.15) is 17.0 Å². The summed E-state index contributed by atoms with van der Waals surface area (Å²) in [6, 6.07) is -0.0142. The molecule has 1 unspecified atom stereocenters. The highest BCUT2D eigenvalue weighted by atomic mass is 32.2. The maximum atomic E-state index is 12.5. The first-order chi connectivity index (χ1) is 8.07. The van der Waals surface area contributed by atoms with Crippen LogP contribution >= 0.6 is 0 Å². The number of hydrogen-bond acceptors (Lipinski definition) is 3. The van der Waals surface area contributed by atoms with Crippen LogP contribution in [-0.2, 0) is 10.2 Å². The van der Waals surface area contributed by atoms with E-state index in [1.54, 1.807) is 8.61 Å². The zero-order valence-corrected chi connectivity index (χ0v) is 11.7. The summed E-state index contributed by atoms with van der Waals surface area (Å²) in [5, 5.41) is 0. The van der Waals surface area contributed by atoms with Gasteiger partial charge in [0.15, 0.2) is 0 Å². The lowest BCUT2D eigenvalue weighted by molar-refractivity contribution is 0.236. The number of nitrogens with zero attached hydrogens (tertiary/aromatic N) is 2. The van der Waals surface area contributed by atoms with Gasteiger partial charge < -0.3 is 5.73 Å². The third-order valence-electron chi connectivity index (χ3n) is 3.29. The quantitative estimate of drug-likeness (QED) is 0.770. The minimum absolute atomic E-state index is 0.0142. The molecule has 1 heterocycles. The molecule has 6 heteroatoms. The predicted molar refractivity (Wildman–Crippen MR) is 69.9 cm³/mol. The van der Waals surface area contributed by atoms with Crippen molar-refractivity contribution in [1.82, 2.24) is 8.61 Å². The first kappa shape index (κ1) is 14.9. The summed E-state index contributed by atoms with van der Waals surface area (Å²) in [6.45, 7) is 6.04. The van der Waals surface area contributed by atoms with Crippen molar-refractivity contribution in [3.63, 3.8) is 0 Å². The van der Waals surface area contributed by atoms with Crippen LogP contribution in [0.15, 0.2) is 0 Å². The van der Waals surface area contributed by atoms with Gasteiger partial charge >= 0.3 is 0 Å². The van der Waals surface area contributed by atoms with Crippen molar-refractivity contribution in [1.29, 1.82) is 0 Å². The van der Waals surface area contributed by atoms with Crippen LogP contribution in [-0.4, -0.2) is 49.2 Å². The predicted octanol–water partition coefficient (Wildman–Crippen LogP) is 0.776. The average molecular weight is 263 g/mol. The highest BCUT2D eigenvalue weighted by Gasteiger charge is 2.34. The van der Waals surface area contributed by atoms with Crippen LogP contribution in [0.1, 0.15) is 39.5 Å². The van der Waals surface area contributed by atoms with Crippen molar-refractivity contribution in [3.8, 4) is 0 Å². The normalized spacial score (nSPS) is 23.2. The highest BCUT2D eigenvalue weighted by molar-refractivity contribution is 7.86. The summed E-state index contributed by atoms with van der Waals surface area (Å²) in [5.41, 5.74) is 5.68. The van der Waals surface area contributed by atoms with E-state index >= 15 is 0 Å². The van der Waals surface area contributed by atoms with Gasteiger partial charge in [-0.1, -0.05) is 20.3 Å². The smallest absolute Gasteiger partial charge is 0.282 e. The van der Waals surface area contributed by atoms with E-state index in [-0.39, 0.29) is 6.04 Å². The molecule has 0 aromatic carbocycles. The Kier molecular flexibility index (Phi) is 5.85. The summed E-state index contributed by atoms with van der Waals surface area (Å²) < 4.78 is 28.1. The number of rotatable bonds is 6. The Hall–Kier alpha value is -0.170. The maximum absolute atomic E-state index is 12.5. The molecule has 0 spiro atoms. The maximum Gasteiger partial charge on any atom is 0.282 e. The Labute approximate surface area is 105 Å². The molecule has 0 amide bonds. The Morgan fingerprint density at radius 3 is 2.59 bits per heavy atom. The summed E-state index contributed by atoms with van der Waals surface area (Å²) >= 11 is 0. The van der Waals surface area contributed by atoms with E-state index in [0.29, 0.717) is 26.2 Å². The summed E-state index contributed by atoms with van der Waals surface area (Å²) in [6.07, 6.45) is 3.75. The molecular formula is C11H25N3O2S. The van der Waals surface area contributed by atoms with Gasteiger partial charge in [-0.15, -0.1) is 0 Å². The third-order valence-corrected chi connectivity index (χ3v) is 5.46. The molecule has 0 saturated carbocycles. The van der Waals surface area contributed by atoms with E-state index in [4.69, 9.17) is 5.73 Å². The summed E-state index contributed by atoms with van der Waals surface area (Å²) in [4.78, 5) is 0. The lowest BCUT2D eigenvalue weighted by Gasteiger charge is -2.37. The summed E-state index contributed by atoms with van der Waals surface area (Å²) in [5.74, 6) is 0. The van der Waals surface area contributed by atoms with E-state index in [1.165, 1.54) is 0 Å². The first-order valence-corrected chi connectivity index (χ1v) is 7.94. The minimum atomic E-state index is -3.31. The second kappa shape index (κ2) is 6.68. The zero-order valence-electron chi connectivity index (χ0n) is 10.9. The molecule has 0 radical (unpaired) electrons. The van der Waals surface area contributed by atoms with Crippen LogP contribution < -0.4 is 5.73 Å². The molecule has 1 rings (SSSR count). The van der Waals surface area contributed by atoms with Crippen molar-refractivity contribution < 1.29 is 8.42 Å². The third kappa shape index (κ3) is 3.40.